The molecule has 3 rings (SSSR count). The molecule has 2 fully saturated rings. The number of benzene rings is 1. The van der Waals surface area contributed by atoms with Crippen molar-refractivity contribution in [3.05, 3.63) is 48.0 Å². The molecule has 3 heteroatoms. The van der Waals surface area contributed by atoms with E-state index in [2.05, 4.69) is 18.7 Å². The summed E-state index contributed by atoms with van der Waals surface area (Å²) < 4.78 is 5.02. The maximum Gasteiger partial charge on any atom is 0.410 e. The Morgan fingerprint density at radius 1 is 1.35 bits per heavy atom. The number of hydrogen-bond donors (Lipinski definition) is 0. The van der Waals surface area contributed by atoms with Crippen LogP contribution in [-0.4, -0.2) is 29.7 Å². The Kier molecular flexibility index (Phi) is 2.21. The molecule has 1 heterocycles. The molecule has 1 saturated heterocycles. The van der Waals surface area contributed by atoms with Crippen molar-refractivity contribution in [1.82, 2.24) is 4.90 Å². The van der Waals surface area contributed by atoms with Crippen molar-refractivity contribution < 1.29 is 9.53 Å². The largest absolute Gasteiger partial charge is 0.448 e. The first-order valence-electron chi connectivity index (χ1n) is 5.89. The maximum absolute atomic E-state index is 11.7. The number of carbonyl (C=O) groups is 1. The summed E-state index contributed by atoms with van der Waals surface area (Å²) in [5.41, 5.74) is 2.21. The highest BCUT2D eigenvalue weighted by molar-refractivity contribution is 5.73. The average Bonchev–Trinajstić information content (AvgIpc) is 2.76. The monoisotopic (exact) mass is 229 g/mol. The predicted octanol–water partition coefficient (Wildman–Crippen LogP) is 2.38. The first-order valence-corrected chi connectivity index (χ1v) is 5.89. The molecule has 0 radical (unpaired) electrons. The summed E-state index contributed by atoms with van der Waals surface area (Å²) in [7, 11) is 0. The summed E-state index contributed by atoms with van der Waals surface area (Å²) in [4.78, 5) is 13.5. The van der Waals surface area contributed by atoms with E-state index >= 15 is 0 Å². The number of hydrogen-bond acceptors (Lipinski definition) is 2. The number of carbonyl (C=O) groups excluding carboxylic acids is 1. The summed E-state index contributed by atoms with van der Waals surface area (Å²) in [5.74, 6) is 0. The van der Waals surface area contributed by atoms with Crippen LogP contribution < -0.4 is 0 Å². The Morgan fingerprint density at radius 3 is 2.59 bits per heavy atom. The Labute approximate surface area is 101 Å². The molecule has 1 atom stereocenters. The third kappa shape index (κ3) is 1.62. The van der Waals surface area contributed by atoms with Crippen molar-refractivity contribution >= 4 is 6.09 Å². The van der Waals surface area contributed by atoms with Crippen LogP contribution in [0.4, 0.5) is 4.79 Å². The van der Waals surface area contributed by atoms with Crippen molar-refractivity contribution in [2.75, 3.05) is 13.2 Å². The zero-order valence-electron chi connectivity index (χ0n) is 9.69. The second kappa shape index (κ2) is 3.62. The highest BCUT2D eigenvalue weighted by atomic mass is 16.6. The van der Waals surface area contributed by atoms with E-state index in [1.54, 1.807) is 0 Å². The lowest BCUT2D eigenvalue weighted by Crippen LogP contribution is -2.40. The van der Waals surface area contributed by atoms with Crippen LogP contribution in [0.25, 0.3) is 0 Å². The standard InChI is InChI=1S/C14H15NO2/c1-11-9-14(11,15-7-8-17-13(15)16)10-12-5-3-2-4-6-12/h2-6H,1,7-10H2. The lowest BCUT2D eigenvalue weighted by molar-refractivity contribution is 0.145. The number of ether oxygens (including phenoxy) is 1. The van der Waals surface area contributed by atoms with Crippen LogP contribution in [0.5, 0.6) is 0 Å². The van der Waals surface area contributed by atoms with Gasteiger partial charge >= 0.3 is 6.09 Å². The molecule has 17 heavy (non-hydrogen) atoms. The van der Waals surface area contributed by atoms with Gasteiger partial charge in [-0.2, -0.15) is 0 Å². The minimum Gasteiger partial charge on any atom is -0.448 e. The van der Waals surface area contributed by atoms with Gasteiger partial charge in [0, 0.05) is 6.42 Å². The van der Waals surface area contributed by atoms with E-state index in [0.717, 1.165) is 18.4 Å². The zero-order valence-corrected chi connectivity index (χ0v) is 9.69. The fourth-order valence-corrected chi connectivity index (χ4v) is 2.59. The molecule has 1 aliphatic heterocycles. The SMILES string of the molecule is C=C1CC1(Cc1ccccc1)N1CCOC1=O. The summed E-state index contributed by atoms with van der Waals surface area (Å²) >= 11 is 0. The van der Waals surface area contributed by atoms with E-state index in [-0.39, 0.29) is 11.6 Å². The number of cyclic esters (lactones) is 1. The van der Waals surface area contributed by atoms with E-state index in [0.29, 0.717) is 13.2 Å². The second-order valence-electron chi connectivity index (χ2n) is 4.74. The molecule has 1 aliphatic carbocycles. The smallest absolute Gasteiger partial charge is 0.410 e. The summed E-state index contributed by atoms with van der Waals surface area (Å²) in [5, 5.41) is 0. The molecule has 0 bridgehead atoms. The van der Waals surface area contributed by atoms with Crippen LogP contribution in [0.2, 0.25) is 0 Å². The van der Waals surface area contributed by atoms with Crippen LogP contribution >= 0.6 is 0 Å². The third-order valence-electron chi connectivity index (χ3n) is 3.66. The minimum absolute atomic E-state index is 0.172. The van der Waals surface area contributed by atoms with Gasteiger partial charge in [-0.25, -0.2) is 4.79 Å². The van der Waals surface area contributed by atoms with Gasteiger partial charge in [0.15, 0.2) is 0 Å². The Balaban J connectivity index is 1.84. The maximum atomic E-state index is 11.7. The van der Waals surface area contributed by atoms with E-state index in [4.69, 9.17) is 4.74 Å². The van der Waals surface area contributed by atoms with Crippen LogP contribution in [0.3, 0.4) is 0 Å². The molecule has 1 aromatic rings. The minimum atomic E-state index is -0.195. The van der Waals surface area contributed by atoms with Crippen LogP contribution in [0, 0.1) is 0 Å². The van der Waals surface area contributed by atoms with Gasteiger partial charge in [0.2, 0.25) is 0 Å². The normalized spacial score (nSPS) is 27.2. The van der Waals surface area contributed by atoms with Gasteiger partial charge in [0.1, 0.15) is 6.61 Å². The lowest BCUT2D eigenvalue weighted by atomic mass is 10.0. The van der Waals surface area contributed by atoms with Crippen molar-refractivity contribution in [2.24, 2.45) is 0 Å². The van der Waals surface area contributed by atoms with Gasteiger partial charge in [0.25, 0.3) is 0 Å². The predicted molar refractivity (Wildman–Crippen MR) is 64.7 cm³/mol. The number of amides is 1. The number of rotatable bonds is 3. The molecule has 0 spiro atoms. The van der Waals surface area contributed by atoms with E-state index in [1.165, 1.54) is 5.56 Å². The Morgan fingerprint density at radius 2 is 2.06 bits per heavy atom. The van der Waals surface area contributed by atoms with E-state index in [9.17, 15) is 4.79 Å². The van der Waals surface area contributed by atoms with Gasteiger partial charge < -0.3 is 4.74 Å². The van der Waals surface area contributed by atoms with Crippen LogP contribution in [0.1, 0.15) is 12.0 Å². The second-order valence-corrected chi connectivity index (χ2v) is 4.74. The van der Waals surface area contributed by atoms with Crippen molar-refractivity contribution in [3.8, 4) is 0 Å². The van der Waals surface area contributed by atoms with Gasteiger partial charge in [-0.3, -0.25) is 4.90 Å². The van der Waals surface area contributed by atoms with E-state index in [1.807, 2.05) is 23.1 Å². The molecule has 1 aromatic carbocycles. The fourth-order valence-electron chi connectivity index (χ4n) is 2.59. The first kappa shape index (κ1) is 10.4. The molecule has 1 amide bonds. The highest BCUT2D eigenvalue weighted by Crippen LogP contribution is 2.50. The quantitative estimate of drug-likeness (QED) is 0.745. The molecule has 0 aromatic heterocycles. The van der Waals surface area contributed by atoms with E-state index < -0.39 is 0 Å². The number of nitrogens with zero attached hydrogens (tertiary/aromatic N) is 1. The van der Waals surface area contributed by atoms with Crippen LogP contribution in [-0.2, 0) is 11.2 Å². The lowest BCUT2D eigenvalue weighted by Gasteiger charge is -2.25. The zero-order chi connectivity index (χ0) is 11.9. The van der Waals surface area contributed by atoms with Gasteiger partial charge in [-0.1, -0.05) is 36.9 Å². The van der Waals surface area contributed by atoms with Gasteiger partial charge in [0.05, 0.1) is 12.1 Å². The molecular weight excluding hydrogens is 214 g/mol. The Bertz CT molecular complexity index is 468. The fraction of sp³-hybridized carbons (Fsp3) is 0.357. The Hall–Kier alpha value is -1.77. The van der Waals surface area contributed by atoms with Crippen LogP contribution in [0.15, 0.2) is 42.5 Å². The summed E-state index contributed by atoms with van der Waals surface area (Å²) in [6.07, 6.45) is 1.55. The molecule has 88 valence electrons. The first-order chi connectivity index (χ1) is 8.22. The van der Waals surface area contributed by atoms with Gasteiger partial charge in [-0.15, -0.1) is 0 Å². The highest BCUT2D eigenvalue weighted by Gasteiger charge is 2.55. The van der Waals surface area contributed by atoms with Gasteiger partial charge in [-0.05, 0) is 17.6 Å². The molecular formula is C14H15NO2. The molecule has 1 unspecified atom stereocenters. The topological polar surface area (TPSA) is 29.5 Å². The molecule has 0 N–H and O–H groups in total. The molecule has 2 aliphatic rings. The summed E-state index contributed by atoms with van der Waals surface area (Å²) in [6.45, 7) is 5.23. The third-order valence-corrected chi connectivity index (χ3v) is 3.66. The van der Waals surface area contributed by atoms with Crippen molar-refractivity contribution in [1.29, 1.82) is 0 Å². The van der Waals surface area contributed by atoms with Crippen molar-refractivity contribution in [3.63, 3.8) is 0 Å². The molecule has 1 saturated carbocycles. The average molecular weight is 229 g/mol. The summed E-state index contributed by atoms with van der Waals surface area (Å²) in [6, 6.07) is 10.2. The molecule has 3 nitrogen and oxygen atoms in total. The van der Waals surface area contributed by atoms with Crippen molar-refractivity contribution in [2.45, 2.75) is 18.4 Å².